The lowest BCUT2D eigenvalue weighted by atomic mass is 10.2. The van der Waals surface area contributed by atoms with Crippen LogP contribution < -0.4 is 9.66 Å². The molecule has 0 bridgehead atoms. The van der Waals surface area contributed by atoms with E-state index < -0.39 is 10.2 Å². The van der Waals surface area contributed by atoms with Gasteiger partial charge in [-0.3, -0.25) is 10.0 Å². The van der Waals surface area contributed by atoms with Crippen LogP contribution in [0.2, 0.25) is 0 Å². The molecule has 9 heteroatoms. The molecule has 132 valence electrons. The summed E-state index contributed by atoms with van der Waals surface area (Å²) in [6.45, 7) is 0. The number of hydrogen-bond donors (Lipinski definition) is 2. The van der Waals surface area contributed by atoms with E-state index >= 15 is 0 Å². The molecule has 0 aliphatic carbocycles. The van der Waals surface area contributed by atoms with Gasteiger partial charge in [0.05, 0.1) is 0 Å². The predicted molar refractivity (Wildman–Crippen MR) is 107 cm³/mol. The van der Waals surface area contributed by atoms with Crippen molar-refractivity contribution in [3.05, 3.63) is 71.8 Å². The van der Waals surface area contributed by atoms with Gasteiger partial charge in [-0.15, -0.1) is 9.66 Å². The van der Waals surface area contributed by atoms with Gasteiger partial charge in [-0.2, -0.15) is 8.42 Å². The summed E-state index contributed by atoms with van der Waals surface area (Å²) in [5.41, 5.74) is 1.46. The Morgan fingerprint density at radius 3 is 1.40 bits per heavy atom. The topological polar surface area (TPSA) is 64.7 Å². The standard InChI is InChI=1S/C16H18N4O2S3/c1-19(15(23)13-9-5-3-6-10-13)17-25(21,22)18-20(2)16(24)14-11-7-4-8-12-14/h3-12,17-18H,1-2H3. The van der Waals surface area contributed by atoms with E-state index in [0.29, 0.717) is 9.98 Å². The Balaban J connectivity index is 2.01. The summed E-state index contributed by atoms with van der Waals surface area (Å²) in [6.07, 6.45) is 0. The van der Waals surface area contributed by atoms with Gasteiger partial charge in [0, 0.05) is 25.2 Å². The highest BCUT2D eigenvalue weighted by Crippen LogP contribution is 2.05. The minimum absolute atomic E-state index is 0.347. The molecule has 0 aromatic heterocycles. The van der Waals surface area contributed by atoms with Crippen molar-refractivity contribution in [2.45, 2.75) is 0 Å². The first-order chi connectivity index (χ1) is 11.8. The molecular formula is C16H18N4O2S3. The highest BCUT2D eigenvalue weighted by atomic mass is 32.2. The molecule has 0 unspecified atom stereocenters. The number of nitrogens with one attached hydrogen (secondary N) is 2. The third-order valence-electron chi connectivity index (χ3n) is 3.16. The summed E-state index contributed by atoms with van der Waals surface area (Å²) in [5, 5.41) is 2.51. The lowest BCUT2D eigenvalue weighted by Crippen LogP contribution is -2.53. The number of nitrogens with zero attached hydrogens (tertiary/aromatic N) is 2. The summed E-state index contributed by atoms with van der Waals surface area (Å²) in [5.74, 6) is 0. The van der Waals surface area contributed by atoms with Crippen molar-refractivity contribution in [2.75, 3.05) is 14.1 Å². The number of thiocarbonyl (C=S) groups is 2. The van der Waals surface area contributed by atoms with E-state index in [1.54, 1.807) is 24.3 Å². The fraction of sp³-hybridized carbons (Fsp3) is 0.125. The van der Waals surface area contributed by atoms with Crippen LogP contribution in [0.1, 0.15) is 11.1 Å². The van der Waals surface area contributed by atoms with Crippen molar-refractivity contribution < 1.29 is 8.42 Å². The minimum atomic E-state index is -3.91. The minimum Gasteiger partial charge on any atom is -0.286 e. The Bertz CT molecular complexity index is 777. The highest BCUT2D eigenvalue weighted by molar-refractivity contribution is 7.87. The third kappa shape index (κ3) is 5.55. The molecular weight excluding hydrogens is 376 g/mol. The number of benzene rings is 2. The van der Waals surface area contributed by atoms with Crippen LogP contribution in [0.4, 0.5) is 0 Å². The molecule has 2 aromatic carbocycles. The molecule has 0 radical (unpaired) electrons. The van der Waals surface area contributed by atoms with Crippen molar-refractivity contribution in [3.63, 3.8) is 0 Å². The normalized spacial score (nSPS) is 11.0. The monoisotopic (exact) mass is 394 g/mol. The molecule has 0 atom stereocenters. The van der Waals surface area contributed by atoms with Crippen LogP contribution in [0.15, 0.2) is 60.7 Å². The second kappa shape index (κ2) is 8.45. The molecule has 0 fully saturated rings. The van der Waals surface area contributed by atoms with Gasteiger partial charge in [-0.05, 0) is 0 Å². The van der Waals surface area contributed by atoms with Crippen LogP contribution in [-0.2, 0) is 10.2 Å². The van der Waals surface area contributed by atoms with Gasteiger partial charge in [-0.25, -0.2) is 0 Å². The molecule has 0 aliphatic rings. The van der Waals surface area contributed by atoms with Crippen LogP contribution in [-0.4, -0.2) is 42.5 Å². The van der Waals surface area contributed by atoms with Crippen molar-refractivity contribution in [2.24, 2.45) is 0 Å². The highest BCUT2D eigenvalue weighted by Gasteiger charge is 2.19. The van der Waals surface area contributed by atoms with E-state index in [1.165, 1.54) is 24.1 Å². The first-order valence-corrected chi connectivity index (χ1v) is 9.56. The maximum atomic E-state index is 12.3. The molecule has 0 saturated carbocycles. The van der Waals surface area contributed by atoms with Gasteiger partial charge >= 0.3 is 10.2 Å². The Hall–Kier alpha value is -1.91. The third-order valence-corrected chi connectivity index (χ3v) is 5.21. The summed E-state index contributed by atoms with van der Waals surface area (Å²) in [7, 11) is -0.846. The smallest absolute Gasteiger partial charge is 0.286 e. The second-order valence-electron chi connectivity index (χ2n) is 5.15. The van der Waals surface area contributed by atoms with Gasteiger partial charge in [0.15, 0.2) is 0 Å². The predicted octanol–water partition coefficient (Wildman–Crippen LogP) is 1.86. The second-order valence-corrected chi connectivity index (χ2v) is 7.29. The van der Waals surface area contributed by atoms with Crippen LogP contribution >= 0.6 is 24.4 Å². The van der Waals surface area contributed by atoms with Gasteiger partial charge in [-0.1, -0.05) is 85.1 Å². The Morgan fingerprint density at radius 2 is 1.08 bits per heavy atom. The van der Waals surface area contributed by atoms with Crippen LogP contribution in [0, 0.1) is 0 Å². The fourth-order valence-corrected chi connectivity index (χ4v) is 3.44. The lowest BCUT2D eigenvalue weighted by molar-refractivity contribution is 0.405. The number of hydrazine groups is 2. The molecule has 0 heterocycles. The quantitative estimate of drug-likeness (QED) is 0.576. The molecule has 6 nitrogen and oxygen atoms in total. The Labute approximate surface area is 158 Å². The first kappa shape index (κ1) is 19.4. The van der Waals surface area contributed by atoms with E-state index in [2.05, 4.69) is 9.66 Å². The molecule has 2 aromatic rings. The summed E-state index contributed by atoms with van der Waals surface area (Å²) in [4.78, 5) is 5.38. The summed E-state index contributed by atoms with van der Waals surface area (Å²) in [6, 6.07) is 18.2. The molecule has 0 amide bonds. The Morgan fingerprint density at radius 1 is 0.760 bits per heavy atom. The molecule has 0 spiro atoms. The fourth-order valence-electron chi connectivity index (χ4n) is 2.01. The van der Waals surface area contributed by atoms with Crippen LogP contribution in [0.25, 0.3) is 0 Å². The first-order valence-electron chi connectivity index (χ1n) is 7.26. The maximum absolute atomic E-state index is 12.3. The molecule has 25 heavy (non-hydrogen) atoms. The van der Waals surface area contributed by atoms with Crippen LogP contribution in [0.3, 0.4) is 0 Å². The summed E-state index contributed by atoms with van der Waals surface area (Å²) >= 11 is 10.6. The van der Waals surface area contributed by atoms with E-state index in [9.17, 15) is 8.42 Å². The van der Waals surface area contributed by atoms with Gasteiger partial charge in [0.2, 0.25) is 0 Å². The molecule has 2 rings (SSSR count). The SMILES string of the molecule is CN(NS(=O)(=O)NN(C)C(=S)c1ccccc1)C(=S)c1ccccc1. The van der Waals surface area contributed by atoms with Crippen molar-refractivity contribution in [3.8, 4) is 0 Å². The average molecular weight is 395 g/mol. The van der Waals surface area contributed by atoms with Crippen molar-refractivity contribution in [1.82, 2.24) is 19.7 Å². The van der Waals surface area contributed by atoms with Gasteiger partial charge < -0.3 is 0 Å². The van der Waals surface area contributed by atoms with Gasteiger partial charge in [0.25, 0.3) is 0 Å². The zero-order valence-corrected chi connectivity index (χ0v) is 16.2. The summed E-state index contributed by atoms with van der Waals surface area (Å²) < 4.78 is 24.6. The van der Waals surface area contributed by atoms with Gasteiger partial charge in [0.1, 0.15) is 9.98 Å². The number of hydrogen-bond acceptors (Lipinski definition) is 4. The van der Waals surface area contributed by atoms with E-state index in [0.717, 1.165) is 11.1 Å². The maximum Gasteiger partial charge on any atom is 0.311 e. The van der Waals surface area contributed by atoms with E-state index in [4.69, 9.17) is 24.4 Å². The number of rotatable bonds is 6. The molecule has 0 saturated heterocycles. The van der Waals surface area contributed by atoms with Crippen molar-refractivity contribution >= 4 is 44.6 Å². The lowest BCUT2D eigenvalue weighted by Gasteiger charge is -2.25. The molecule has 2 N–H and O–H groups in total. The average Bonchev–Trinajstić information content (AvgIpc) is 2.61. The van der Waals surface area contributed by atoms with E-state index in [-0.39, 0.29) is 0 Å². The Kier molecular flexibility index (Phi) is 6.57. The molecule has 0 aliphatic heterocycles. The van der Waals surface area contributed by atoms with Crippen LogP contribution in [0.5, 0.6) is 0 Å². The van der Waals surface area contributed by atoms with Crippen molar-refractivity contribution in [1.29, 1.82) is 0 Å². The zero-order valence-electron chi connectivity index (χ0n) is 13.7. The zero-order chi connectivity index (χ0) is 18.4. The largest absolute Gasteiger partial charge is 0.311 e. The van der Waals surface area contributed by atoms with E-state index in [1.807, 2.05) is 36.4 Å².